The summed E-state index contributed by atoms with van der Waals surface area (Å²) in [4.78, 5) is 22.0. The Kier molecular flexibility index (Phi) is 6.58. The number of carbonyl (C=O) groups is 1. The highest BCUT2D eigenvalue weighted by Gasteiger charge is 2.28. The second kappa shape index (κ2) is 9.82. The minimum absolute atomic E-state index is 0.243. The van der Waals surface area contributed by atoms with E-state index in [1.54, 1.807) is 4.90 Å². The third-order valence-electron chi connectivity index (χ3n) is 6.34. The van der Waals surface area contributed by atoms with Crippen LogP contribution in [0.15, 0.2) is 55.1 Å². The van der Waals surface area contributed by atoms with Crippen LogP contribution in [0.25, 0.3) is 34.3 Å². The monoisotopic (exact) mass is 503 g/mol. The number of pyridine rings is 1. The van der Waals surface area contributed by atoms with Crippen LogP contribution in [0.3, 0.4) is 0 Å². The zero-order chi connectivity index (χ0) is 25.3. The maximum absolute atomic E-state index is 12.4. The smallest absolute Gasteiger partial charge is 0.410 e. The summed E-state index contributed by atoms with van der Waals surface area (Å²) in [5, 5.41) is 6.39. The van der Waals surface area contributed by atoms with Crippen LogP contribution in [0.2, 0.25) is 5.02 Å². The number of benzene rings is 1. The largest absolute Gasteiger partial charge is 0.444 e. The summed E-state index contributed by atoms with van der Waals surface area (Å²) in [6.07, 6.45) is 13.3. The summed E-state index contributed by atoms with van der Waals surface area (Å²) in [5.41, 5.74) is 4.38. The lowest BCUT2D eigenvalue weighted by atomic mass is 10.1. The number of piperidine rings is 1. The lowest BCUT2D eigenvalue weighted by Gasteiger charge is -2.33. The topological polar surface area (TPSA) is 76.0 Å². The van der Waals surface area contributed by atoms with Crippen molar-refractivity contribution in [2.75, 3.05) is 13.1 Å². The van der Waals surface area contributed by atoms with Gasteiger partial charge in [-0.2, -0.15) is 5.10 Å². The van der Waals surface area contributed by atoms with Gasteiger partial charge in [0.25, 0.3) is 0 Å². The fourth-order valence-electron chi connectivity index (χ4n) is 4.44. The van der Waals surface area contributed by atoms with Crippen molar-refractivity contribution >= 4 is 40.9 Å². The minimum Gasteiger partial charge on any atom is -0.444 e. The predicted octanol–water partition coefficient (Wildman–Crippen LogP) is 6.82. The van der Waals surface area contributed by atoms with Gasteiger partial charge in [-0.15, -0.1) is 0 Å². The van der Waals surface area contributed by atoms with E-state index < -0.39 is 5.60 Å². The molecule has 0 saturated carbocycles. The third kappa shape index (κ3) is 5.31. The van der Waals surface area contributed by atoms with Crippen LogP contribution in [0, 0.1) is 0 Å². The van der Waals surface area contributed by atoms with E-state index in [4.69, 9.17) is 16.3 Å². The summed E-state index contributed by atoms with van der Waals surface area (Å²) in [6, 6.07) is 10.2. The van der Waals surface area contributed by atoms with Crippen LogP contribution in [0.1, 0.15) is 50.8 Å². The lowest BCUT2D eigenvalue weighted by molar-refractivity contribution is 0.0185. The molecule has 1 aliphatic heterocycles. The molecule has 1 aliphatic rings. The van der Waals surface area contributed by atoms with E-state index >= 15 is 0 Å². The predicted molar refractivity (Wildman–Crippen MR) is 144 cm³/mol. The number of rotatable bonds is 4. The quantitative estimate of drug-likeness (QED) is 0.331. The summed E-state index contributed by atoms with van der Waals surface area (Å²) < 4.78 is 7.53. The molecule has 1 N–H and O–H groups in total. The van der Waals surface area contributed by atoms with Gasteiger partial charge in [0.15, 0.2) is 0 Å². The van der Waals surface area contributed by atoms with E-state index in [1.807, 2.05) is 80.5 Å². The normalized spacial score (nSPS) is 15.2. The second-order valence-corrected chi connectivity index (χ2v) is 10.5. The zero-order valence-corrected chi connectivity index (χ0v) is 21.5. The number of aromatic nitrogens is 4. The average Bonchev–Trinajstić information content (AvgIpc) is 3.50. The zero-order valence-electron chi connectivity index (χ0n) is 20.7. The molecule has 1 aromatic carbocycles. The molecular formula is C28H30ClN5O2. The van der Waals surface area contributed by atoms with E-state index in [0.717, 1.165) is 51.2 Å². The molecule has 0 radical (unpaired) electrons. The van der Waals surface area contributed by atoms with Crippen LogP contribution >= 0.6 is 11.6 Å². The van der Waals surface area contributed by atoms with E-state index in [1.165, 1.54) is 0 Å². The van der Waals surface area contributed by atoms with Crippen molar-refractivity contribution in [2.45, 2.75) is 45.3 Å². The first-order chi connectivity index (χ1) is 17.3. The highest BCUT2D eigenvalue weighted by molar-refractivity contribution is 6.32. The number of nitrogens with one attached hydrogen (secondary N) is 1. The molecule has 1 amide bonds. The van der Waals surface area contributed by atoms with Gasteiger partial charge in [0.05, 0.1) is 12.2 Å². The van der Waals surface area contributed by atoms with Crippen molar-refractivity contribution < 1.29 is 9.53 Å². The van der Waals surface area contributed by atoms with Crippen LogP contribution in [-0.2, 0) is 4.74 Å². The van der Waals surface area contributed by atoms with Crippen molar-refractivity contribution in [3.63, 3.8) is 0 Å². The second-order valence-electron chi connectivity index (χ2n) is 10.1. The molecule has 7 nitrogen and oxygen atoms in total. The van der Waals surface area contributed by atoms with E-state index in [0.29, 0.717) is 13.1 Å². The molecule has 3 aromatic heterocycles. The first-order valence-electron chi connectivity index (χ1n) is 12.2. The van der Waals surface area contributed by atoms with Crippen molar-refractivity contribution in [1.82, 2.24) is 24.6 Å². The molecule has 36 heavy (non-hydrogen) atoms. The molecule has 4 heterocycles. The number of amides is 1. The van der Waals surface area contributed by atoms with Crippen LogP contribution in [-0.4, -0.2) is 49.4 Å². The van der Waals surface area contributed by atoms with Gasteiger partial charge in [-0.25, -0.2) is 9.78 Å². The Morgan fingerprint density at radius 1 is 1.11 bits per heavy atom. The van der Waals surface area contributed by atoms with Gasteiger partial charge in [0, 0.05) is 58.8 Å². The first-order valence-corrected chi connectivity index (χ1v) is 12.6. The van der Waals surface area contributed by atoms with Gasteiger partial charge >= 0.3 is 6.09 Å². The Balaban J connectivity index is 1.30. The molecule has 4 aromatic rings. The lowest BCUT2D eigenvalue weighted by Crippen LogP contribution is -2.42. The fourth-order valence-corrected chi connectivity index (χ4v) is 4.63. The Labute approximate surface area is 215 Å². The molecule has 0 unspecified atom stereocenters. The molecule has 186 valence electrons. The number of halogens is 1. The molecule has 0 spiro atoms. The summed E-state index contributed by atoms with van der Waals surface area (Å²) >= 11 is 6.30. The summed E-state index contributed by atoms with van der Waals surface area (Å²) in [6.45, 7) is 6.99. The molecule has 0 bridgehead atoms. The summed E-state index contributed by atoms with van der Waals surface area (Å²) in [5.74, 6) is 0. The van der Waals surface area contributed by atoms with Crippen molar-refractivity contribution in [1.29, 1.82) is 0 Å². The molecule has 1 fully saturated rings. The molecule has 5 rings (SSSR count). The minimum atomic E-state index is -0.482. The van der Waals surface area contributed by atoms with Gasteiger partial charge in [-0.05, 0) is 51.3 Å². The van der Waals surface area contributed by atoms with E-state index in [2.05, 4.69) is 27.3 Å². The van der Waals surface area contributed by atoms with Crippen LogP contribution < -0.4 is 0 Å². The highest BCUT2D eigenvalue weighted by atomic mass is 35.5. The Morgan fingerprint density at radius 3 is 2.61 bits per heavy atom. The SMILES string of the molecule is CC(C)(C)OC(=O)N1CCC(n2cc(-c3cnc4[nH]cc(/C=C\c5ccccc5Cl)c4c3)cn2)CC1. The number of carbonyl (C=O) groups excluding carboxylic acids is 1. The number of nitrogens with zero attached hydrogens (tertiary/aromatic N) is 4. The standard InChI is InChI=1S/C28H30ClN5O2/c1-28(2,3)36-27(35)33-12-10-23(11-13-33)34-18-22(17-32-34)21-14-24-20(15-30-26(24)31-16-21)9-8-19-6-4-5-7-25(19)29/h4-9,14-18,23H,10-13H2,1-3H3,(H,30,31)/b9-8-. The number of hydrogen-bond donors (Lipinski definition) is 1. The van der Waals surface area contributed by atoms with E-state index in [9.17, 15) is 4.79 Å². The van der Waals surface area contributed by atoms with Gasteiger partial charge in [0.1, 0.15) is 11.2 Å². The van der Waals surface area contributed by atoms with Crippen molar-refractivity contribution in [3.8, 4) is 11.1 Å². The molecular weight excluding hydrogens is 474 g/mol. The Morgan fingerprint density at radius 2 is 1.86 bits per heavy atom. The number of fused-ring (bicyclic) bond motifs is 1. The van der Waals surface area contributed by atoms with Crippen molar-refractivity contribution in [2.24, 2.45) is 0 Å². The van der Waals surface area contributed by atoms with Crippen LogP contribution in [0.5, 0.6) is 0 Å². The number of ether oxygens (including phenoxy) is 1. The van der Waals surface area contributed by atoms with Gasteiger partial charge in [-0.3, -0.25) is 4.68 Å². The van der Waals surface area contributed by atoms with Crippen molar-refractivity contribution in [3.05, 3.63) is 71.3 Å². The fraction of sp³-hybridized carbons (Fsp3) is 0.321. The van der Waals surface area contributed by atoms with Gasteiger partial charge in [0.2, 0.25) is 0 Å². The maximum Gasteiger partial charge on any atom is 0.410 e. The van der Waals surface area contributed by atoms with Crippen LogP contribution in [0.4, 0.5) is 4.79 Å². The third-order valence-corrected chi connectivity index (χ3v) is 6.68. The number of hydrogen-bond acceptors (Lipinski definition) is 4. The Hall–Kier alpha value is -3.58. The highest BCUT2D eigenvalue weighted by Crippen LogP contribution is 2.29. The number of aromatic amines is 1. The Bertz CT molecular complexity index is 1410. The van der Waals surface area contributed by atoms with Gasteiger partial charge < -0.3 is 14.6 Å². The molecule has 0 aliphatic carbocycles. The number of likely N-dealkylation sites (tertiary alicyclic amines) is 1. The van der Waals surface area contributed by atoms with E-state index in [-0.39, 0.29) is 12.1 Å². The molecule has 8 heteroatoms. The maximum atomic E-state index is 12.4. The summed E-state index contributed by atoms with van der Waals surface area (Å²) in [7, 11) is 0. The first kappa shape index (κ1) is 24.1. The van der Waals surface area contributed by atoms with Gasteiger partial charge in [-0.1, -0.05) is 42.0 Å². The average molecular weight is 504 g/mol. The molecule has 1 saturated heterocycles. The molecule has 0 atom stereocenters. The number of H-pyrrole nitrogens is 1.